The molecule has 134 valence electrons. The van der Waals surface area contributed by atoms with E-state index in [1.165, 1.54) is 5.56 Å². The Morgan fingerprint density at radius 1 is 1.04 bits per heavy atom. The maximum absolute atomic E-state index is 12.6. The van der Waals surface area contributed by atoms with Crippen LogP contribution in [0.15, 0.2) is 54.6 Å². The van der Waals surface area contributed by atoms with Crippen LogP contribution in [0.5, 0.6) is 0 Å². The lowest BCUT2D eigenvalue weighted by Crippen LogP contribution is -2.31. The molecular weight excluding hydrogens is 324 g/mol. The van der Waals surface area contributed by atoms with Crippen LogP contribution >= 0.6 is 0 Å². The average molecular weight is 348 g/mol. The van der Waals surface area contributed by atoms with Crippen molar-refractivity contribution < 1.29 is 4.79 Å². The number of carbonyl (C=O) groups excluding carboxylic acids is 1. The maximum Gasteiger partial charge on any atom is 0.276 e. The molecule has 5 nitrogen and oxygen atoms in total. The largest absolute Gasteiger partial charge is 0.340 e. The van der Waals surface area contributed by atoms with E-state index in [9.17, 15) is 4.79 Å². The van der Waals surface area contributed by atoms with Crippen molar-refractivity contribution in [3.8, 4) is 16.8 Å². The number of rotatable bonds is 5. The average Bonchev–Trinajstić information content (AvgIpc) is 3.03. The zero-order chi connectivity index (χ0) is 18.7. The minimum absolute atomic E-state index is 0.0941. The summed E-state index contributed by atoms with van der Waals surface area (Å²) in [6.07, 6.45) is 0. The summed E-state index contributed by atoms with van der Waals surface area (Å²) in [6, 6.07) is 18.3. The normalized spacial score (nSPS) is 11.0. The van der Waals surface area contributed by atoms with Gasteiger partial charge in [0.2, 0.25) is 0 Å². The first-order valence-electron chi connectivity index (χ1n) is 8.81. The standard InChI is InChI=1S/C21H24N4O/c1-15(2)14-24(4)21(26)20-16(3)25(23-22-20)19-12-10-18(11-13-19)17-8-6-5-7-9-17/h5-13,15H,14H2,1-4H3. The van der Waals surface area contributed by atoms with E-state index >= 15 is 0 Å². The Labute approximate surface area is 154 Å². The Bertz CT molecular complexity index is 882. The van der Waals surface area contributed by atoms with Gasteiger partial charge >= 0.3 is 0 Å². The predicted octanol–water partition coefficient (Wildman–Crippen LogP) is 3.97. The lowest BCUT2D eigenvalue weighted by molar-refractivity contribution is 0.0772. The van der Waals surface area contributed by atoms with E-state index in [0.717, 1.165) is 16.9 Å². The van der Waals surface area contributed by atoms with Crippen LogP contribution in [-0.4, -0.2) is 39.4 Å². The Kier molecular flexibility index (Phi) is 5.16. The van der Waals surface area contributed by atoms with Crippen molar-refractivity contribution in [3.63, 3.8) is 0 Å². The summed E-state index contributed by atoms with van der Waals surface area (Å²) in [5.74, 6) is 0.313. The van der Waals surface area contributed by atoms with Gasteiger partial charge in [-0.1, -0.05) is 61.5 Å². The van der Waals surface area contributed by atoms with Crippen LogP contribution in [0.3, 0.4) is 0 Å². The molecule has 0 N–H and O–H groups in total. The second-order valence-electron chi connectivity index (χ2n) is 6.93. The van der Waals surface area contributed by atoms with Gasteiger partial charge in [-0.3, -0.25) is 4.79 Å². The number of benzene rings is 2. The fraction of sp³-hybridized carbons (Fsp3) is 0.286. The number of hydrogen-bond acceptors (Lipinski definition) is 3. The molecule has 0 saturated carbocycles. The maximum atomic E-state index is 12.6. The molecule has 2 aromatic carbocycles. The fourth-order valence-corrected chi connectivity index (χ4v) is 3.01. The van der Waals surface area contributed by atoms with Gasteiger partial charge in [0, 0.05) is 13.6 Å². The number of carbonyl (C=O) groups is 1. The second kappa shape index (κ2) is 7.52. The molecule has 26 heavy (non-hydrogen) atoms. The van der Waals surface area contributed by atoms with Crippen molar-refractivity contribution >= 4 is 5.91 Å². The Hall–Kier alpha value is -2.95. The van der Waals surface area contributed by atoms with E-state index in [4.69, 9.17) is 0 Å². The number of aromatic nitrogens is 3. The van der Waals surface area contributed by atoms with E-state index in [0.29, 0.717) is 18.2 Å². The molecule has 0 aliphatic carbocycles. The van der Waals surface area contributed by atoms with Crippen molar-refractivity contribution in [2.45, 2.75) is 20.8 Å². The molecule has 0 radical (unpaired) electrons. The van der Waals surface area contributed by atoms with E-state index < -0.39 is 0 Å². The van der Waals surface area contributed by atoms with Crippen molar-refractivity contribution in [2.75, 3.05) is 13.6 Å². The van der Waals surface area contributed by atoms with E-state index in [2.05, 4.69) is 48.4 Å². The third kappa shape index (κ3) is 3.67. The number of nitrogens with zero attached hydrogens (tertiary/aromatic N) is 4. The third-order valence-corrected chi connectivity index (χ3v) is 4.30. The van der Waals surface area contributed by atoms with Gasteiger partial charge in [0.15, 0.2) is 5.69 Å². The lowest BCUT2D eigenvalue weighted by atomic mass is 10.1. The number of hydrogen-bond donors (Lipinski definition) is 0. The Balaban J connectivity index is 1.85. The molecule has 0 spiro atoms. The zero-order valence-corrected chi connectivity index (χ0v) is 15.7. The van der Waals surface area contributed by atoms with E-state index in [1.54, 1.807) is 16.6 Å². The molecule has 0 bridgehead atoms. The highest BCUT2D eigenvalue weighted by Crippen LogP contribution is 2.21. The second-order valence-corrected chi connectivity index (χ2v) is 6.93. The minimum atomic E-state index is -0.0941. The molecule has 0 aliphatic heterocycles. The molecule has 0 atom stereocenters. The highest BCUT2D eigenvalue weighted by atomic mass is 16.2. The van der Waals surface area contributed by atoms with Crippen LogP contribution < -0.4 is 0 Å². The molecule has 3 rings (SSSR count). The number of amides is 1. The van der Waals surface area contributed by atoms with Gasteiger partial charge in [-0.05, 0) is 36.1 Å². The molecule has 1 heterocycles. The lowest BCUT2D eigenvalue weighted by Gasteiger charge is -2.18. The smallest absolute Gasteiger partial charge is 0.276 e. The van der Waals surface area contributed by atoms with Gasteiger partial charge in [-0.2, -0.15) is 0 Å². The minimum Gasteiger partial charge on any atom is -0.340 e. The molecule has 1 amide bonds. The molecule has 0 fully saturated rings. The first-order chi connectivity index (χ1) is 12.5. The summed E-state index contributed by atoms with van der Waals surface area (Å²) in [6.45, 7) is 6.74. The van der Waals surface area contributed by atoms with Crippen molar-refractivity contribution in [1.82, 2.24) is 19.9 Å². The summed E-state index contributed by atoms with van der Waals surface area (Å²) in [5, 5.41) is 8.31. The molecule has 3 aromatic rings. The van der Waals surface area contributed by atoms with Crippen molar-refractivity contribution in [2.24, 2.45) is 5.92 Å². The monoisotopic (exact) mass is 348 g/mol. The molecule has 0 unspecified atom stereocenters. The van der Waals surface area contributed by atoms with Crippen molar-refractivity contribution in [1.29, 1.82) is 0 Å². The summed E-state index contributed by atoms with van der Waals surface area (Å²) in [5.41, 5.74) is 4.35. The summed E-state index contributed by atoms with van der Waals surface area (Å²) >= 11 is 0. The van der Waals surface area contributed by atoms with Gasteiger partial charge in [0.1, 0.15) is 0 Å². The van der Waals surface area contributed by atoms with Crippen LogP contribution in [0.1, 0.15) is 30.0 Å². The first-order valence-corrected chi connectivity index (χ1v) is 8.81. The van der Waals surface area contributed by atoms with Gasteiger partial charge in [0.25, 0.3) is 5.91 Å². The predicted molar refractivity (Wildman–Crippen MR) is 103 cm³/mol. The Morgan fingerprint density at radius 3 is 2.27 bits per heavy atom. The quantitative estimate of drug-likeness (QED) is 0.701. The summed E-state index contributed by atoms with van der Waals surface area (Å²) < 4.78 is 1.71. The zero-order valence-electron chi connectivity index (χ0n) is 15.7. The molecule has 0 saturated heterocycles. The third-order valence-electron chi connectivity index (χ3n) is 4.30. The van der Waals surface area contributed by atoms with Crippen LogP contribution in [-0.2, 0) is 0 Å². The van der Waals surface area contributed by atoms with E-state index in [1.807, 2.05) is 37.3 Å². The van der Waals surface area contributed by atoms with Crippen LogP contribution in [0.2, 0.25) is 0 Å². The van der Waals surface area contributed by atoms with Crippen LogP contribution in [0.25, 0.3) is 16.8 Å². The Morgan fingerprint density at radius 2 is 1.65 bits per heavy atom. The highest BCUT2D eigenvalue weighted by Gasteiger charge is 2.21. The molecular formula is C21H24N4O. The van der Waals surface area contributed by atoms with Gasteiger partial charge in [-0.15, -0.1) is 5.10 Å². The van der Waals surface area contributed by atoms with Crippen LogP contribution in [0, 0.1) is 12.8 Å². The van der Waals surface area contributed by atoms with E-state index in [-0.39, 0.29) is 5.91 Å². The van der Waals surface area contributed by atoms with Gasteiger partial charge < -0.3 is 4.90 Å². The fourth-order valence-electron chi connectivity index (χ4n) is 3.01. The molecule has 0 aliphatic rings. The topological polar surface area (TPSA) is 51.0 Å². The van der Waals surface area contributed by atoms with Gasteiger partial charge in [0.05, 0.1) is 11.4 Å². The van der Waals surface area contributed by atoms with Crippen LogP contribution in [0.4, 0.5) is 0 Å². The molecule has 1 aromatic heterocycles. The molecule has 5 heteroatoms. The first kappa shape index (κ1) is 17.9. The van der Waals surface area contributed by atoms with Crippen molar-refractivity contribution in [3.05, 3.63) is 66.0 Å². The SMILES string of the molecule is Cc1c(C(=O)N(C)CC(C)C)nnn1-c1ccc(-c2ccccc2)cc1. The highest BCUT2D eigenvalue weighted by molar-refractivity contribution is 5.93. The van der Waals surface area contributed by atoms with Gasteiger partial charge in [-0.25, -0.2) is 4.68 Å². The summed E-state index contributed by atoms with van der Waals surface area (Å²) in [7, 11) is 1.80. The summed E-state index contributed by atoms with van der Waals surface area (Å²) in [4.78, 5) is 14.3.